The lowest BCUT2D eigenvalue weighted by Gasteiger charge is -2.19. The topological polar surface area (TPSA) is 148 Å². The molecule has 0 radical (unpaired) electrons. The monoisotopic (exact) mass is 713 g/mol. The number of rotatable bonds is 15. The predicted molar refractivity (Wildman–Crippen MR) is 153 cm³/mol. The first-order chi connectivity index (χ1) is 22.0. The third-order valence-corrected chi connectivity index (χ3v) is 7.63. The molecule has 12 nitrogen and oxygen atoms in total. The minimum Gasteiger partial charge on any atom is -0.449 e. The van der Waals surface area contributed by atoms with E-state index < -0.39 is 73.0 Å². The zero-order valence-electron chi connectivity index (χ0n) is 24.7. The van der Waals surface area contributed by atoms with Gasteiger partial charge < -0.3 is 4.74 Å². The Labute approximate surface area is 268 Å². The summed E-state index contributed by atoms with van der Waals surface area (Å²) in [6, 6.07) is 5.19. The number of phosphoric ester groups is 1. The van der Waals surface area contributed by atoms with Crippen molar-refractivity contribution in [2.24, 2.45) is 0 Å². The van der Waals surface area contributed by atoms with E-state index in [2.05, 4.69) is 10.1 Å². The minimum absolute atomic E-state index is 0.0860. The molecule has 3 aromatic rings. The molecule has 256 valence electrons. The molecule has 0 aliphatic rings. The van der Waals surface area contributed by atoms with E-state index in [4.69, 9.17) is 35.2 Å². The van der Waals surface area contributed by atoms with Crippen LogP contribution in [0.5, 0.6) is 11.5 Å². The van der Waals surface area contributed by atoms with Gasteiger partial charge in [-0.15, -0.1) is 0 Å². The summed E-state index contributed by atoms with van der Waals surface area (Å²) in [5, 5.41) is 12.8. The second-order valence-electron chi connectivity index (χ2n) is 9.67. The van der Waals surface area contributed by atoms with Crippen molar-refractivity contribution >= 4 is 19.4 Å². The van der Waals surface area contributed by atoms with Gasteiger partial charge in [0.25, 0.3) is 11.1 Å². The lowest BCUT2D eigenvalue weighted by atomic mass is 10.2. The van der Waals surface area contributed by atoms with Crippen molar-refractivity contribution in [2.45, 2.75) is 65.2 Å². The van der Waals surface area contributed by atoms with Crippen LogP contribution in [-0.2, 0) is 43.8 Å². The Morgan fingerprint density at radius 3 is 2.13 bits per heavy atom. The number of hydrogen-bond acceptors (Lipinski definition) is 10. The zero-order valence-corrected chi connectivity index (χ0v) is 26.4. The lowest BCUT2D eigenvalue weighted by Crippen LogP contribution is -2.33. The second-order valence-corrected chi connectivity index (χ2v) is 11.8. The third kappa shape index (κ3) is 10.4. The standard InChI is InChI=1S/C27H27ClF6N5O7P/c1-3-5-7-43-47(42,44-8-6-4-2)45-16-39-24(40)21(26(29,30)31)12-19(37-39)14-38-15-36-23(27(32,33)34)22(25(38)41)46-20-10-17(13-35)9-18(28)11-20/h9-12,15H,3-8,14,16H2,1-2H3. The van der Waals surface area contributed by atoms with Crippen molar-refractivity contribution in [3.8, 4) is 17.6 Å². The highest BCUT2D eigenvalue weighted by molar-refractivity contribution is 7.48. The summed E-state index contributed by atoms with van der Waals surface area (Å²) in [7, 11) is -4.38. The van der Waals surface area contributed by atoms with Crippen molar-refractivity contribution in [1.82, 2.24) is 19.3 Å². The lowest BCUT2D eigenvalue weighted by molar-refractivity contribution is -0.142. The molecule has 0 unspecified atom stereocenters. The fourth-order valence-electron chi connectivity index (χ4n) is 3.70. The van der Waals surface area contributed by atoms with Crippen molar-refractivity contribution < 1.29 is 49.2 Å². The molecule has 2 aromatic heterocycles. The molecule has 0 bridgehead atoms. The van der Waals surface area contributed by atoms with E-state index in [9.17, 15) is 40.5 Å². The number of nitrogens with zero attached hydrogens (tertiary/aromatic N) is 5. The summed E-state index contributed by atoms with van der Waals surface area (Å²) in [6.07, 6.45) is -7.92. The van der Waals surface area contributed by atoms with Crippen LogP contribution in [0.4, 0.5) is 26.3 Å². The maximum atomic E-state index is 13.9. The molecule has 0 fully saturated rings. The van der Waals surface area contributed by atoms with E-state index in [1.165, 1.54) is 6.07 Å². The largest absolute Gasteiger partial charge is 0.476 e. The SMILES string of the molecule is CCCCOP(=O)(OCCCC)OCn1nc(Cn2cnc(C(F)(F)F)c(Oc3cc(Cl)cc(C#N)c3)c2=O)cc(C(F)(F)F)c1=O. The van der Waals surface area contributed by atoms with Crippen molar-refractivity contribution in [2.75, 3.05) is 13.2 Å². The number of ether oxygens (including phenoxy) is 1. The molecule has 1 aromatic carbocycles. The third-order valence-electron chi connectivity index (χ3n) is 5.98. The first-order valence-electron chi connectivity index (χ1n) is 13.8. The average molecular weight is 714 g/mol. The summed E-state index contributed by atoms with van der Waals surface area (Å²) in [5.41, 5.74) is -7.54. The van der Waals surface area contributed by atoms with Gasteiger partial charge in [0.15, 0.2) is 12.4 Å². The van der Waals surface area contributed by atoms with Gasteiger partial charge in [-0.25, -0.2) is 14.2 Å². The van der Waals surface area contributed by atoms with Crippen LogP contribution in [0.2, 0.25) is 5.02 Å². The number of aromatic nitrogens is 4. The highest BCUT2D eigenvalue weighted by Gasteiger charge is 2.39. The van der Waals surface area contributed by atoms with Crippen LogP contribution in [-0.4, -0.2) is 32.5 Å². The quantitative estimate of drug-likeness (QED) is 0.0924. The molecule has 0 saturated carbocycles. The number of unbranched alkanes of at least 4 members (excludes halogenated alkanes) is 2. The summed E-state index contributed by atoms with van der Waals surface area (Å²) in [6.45, 7) is 1.37. The molecule has 20 heteroatoms. The number of halogens is 7. The summed E-state index contributed by atoms with van der Waals surface area (Å²) in [5.74, 6) is -1.82. The van der Waals surface area contributed by atoms with Crippen LogP contribution < -0.4 is 15.9 Å². The highest BCUT2D eigenvalue weighted by atomic mass is 35.5. The molecule has 0 saturated heterocycles. The normalized spacial score (nSPS) is 12.3. The number of nitriles is 1. The summed E-state index contributed by atoms with van der Waals surface area (Å²) in [4.78, 5) is 29.1. The van der Waals surface area contributed by atoms with Gasteiger partial charge in [-0.2, -0.15) is 36.7 Å². The number of benzene rings is 1. The van der Waals surface area contributed by atoms with E-state index in [1.54, 1.807) is 6.07 Å². The van der Waals surface area contributed by atoms with E-state index in [0.29, 0.717) is 36.6 Å². The van der Waals surface area contributed by atoms with E-state index in [0.717, 1.165) is 12.1 Å². The molecule has 0 aliphatic carbocycles. The average Bonchev–Trinajstić information content (AvgIpc) is 2.98. The second kappa shape index (κ2) is 15.9. The van der Waals surface area contributed by atoms with Gasteiger partial charge in [-0.1, -0.05) is 38.3 Å². The van der Waals surface area contributed by atoms with Crippen LogP contribution in [0.1, 0.15) is 62.0 Å². The maximum absolute atomic E-state index is 13.9. The zero-order chi connectivity index (χ0) is 35.0. The molecular formula is C27H27ClF6N5O7P. The molecular weight excluding hydrogens is 687 g/mol. The molecule has 0 atom stereocenters. The minimum atomic E-state index is -5.25. The Morgan fingerprint density at radius 1 is 0.936 bits per heavy atom. The first-order valence-corrected chi connectivity index (χ1v) is 15.6. The number of hydrogen-bond donors (Lipinski definition) is 0. The Hall–Kier alpha value is -3.75. The smallest absolute Gasteiger partial charge is 0.449 e. The van der Waals surface area contributed by atoms with Crippen molar-refractivity contribution in [3.63, 3.8) is 0 Å². The van der Waals surface area contributed by atoms with E-state index in [-0.39, 0.29) is 34.5 Å². The van der Waals surface area contributed by atoms with Gasteiger partial charge in [-0.05, 0) is 37.1 Å². The molecule has 2 heterocycles. The number of phosphoric acid groups is 1. The summed E-state index contributed by atoms with van der Waals surface area (Å²) < 4.78 is 117. The predicted octanol–water partition coefficient (Wildman–Crippen LogP) is 6.92. The molecule has 0 N–H and O–H groups in total. The molecule has 0 aliphatic heterocycles. The first kappa shape index (κ1) is 37.7. The Balaban J connectivity index is 2.05. The molecule has 47 heavy (non-hydrogen) atoms. The molecule has 0 spiro atoms. The van der Waals surface area contributed by atoms with E-state index >= 15 is 0 Å². The van der Waals surface area contributed by atoms with Crippen LogP contribution in [0.25, 0.3) is 0 Å². The van der Waals surface area contributed by atoms with Gasteiger partial charge >= 0.3 is 20.2 Å². The fraction of sp³-hybridized carbons (Fsp3) is 0.444. The molecule has 0 amide bonds. The van der Waals surface area contributed by atoms with Crippen LogP contribution in [0, 0.1) is 11.3 Å². The van der Waals surface area contributed by atoms with Gasteiger partial charge in [0.05, 0.1) is 43.4 Å². The van der Waals surface area contributed by atoms with Gasteiger partial charge in [0.2, 0.25) is 5.75 Å². The van der Waals surface area contributed by atoms with E-state index in [1.807, 2.05) is 13.8 Å². The Kier molecular flexibility index (Phi) is 12.8. The van der Waals surface area contributed by atoms with Gasteiger partial charge in [0, 0.05) is 5.02 Å². The van der Waals surface area contributed by atoms with Gasteiger partial charge in [-0.3, -0.25) is 27.7 Å². The van der Waals surface area contributed by atoms with Crippen LogP contribution in [0.3, 0.4) is 0 Å². The van der Waals surface area contributed by atoms with Gasteiger partial charge in [0.1, 0.15) is 11.3 Å². The van der Waals surface area contributed by atoms with Crippen molar-refractivity contribution in [1.29, 1.82) is 5.26 Å². The highest BCUT2D eigenvalue weighted by Crippen LogP contribution is 2.50. The fourth-order valence-corrected chi connectivity index (χ4v) is 5.10. The Morgan fingerprint density at radius 2 is 1.57 bits per heavy atom. The van der Waals surface area contributed by atoms with Crippen molar-refractivity contribution in [3.05, 3.63) is 78.8 Å². The van der Waals surface area contributed by atoms with Crippen LogP contribution >= 0.6 is 19.4 Å². The van der Waals surface area contributed by atoms with Crippen LogP contribution in [0.15, 0.2) is 40.2 Å². The summed E-state index contributed by atoms with van der Waals surface area (Å²) >= 11 is 5.88. The maximum Gasteiger partial charge on any atom is 0.476 e. The number of alkyl halides is 6. The molecule has 3 rings (SSSR count). The Bertz CT molecular complexity index is 1760.